The molecule has 2 aliphatic rings. The minimum atomic E-state index is -0.0990. The SMILES string of the molecule is CN=C(NCC1(c2ccccc2F)CC1)NC1CCN(c2ccccc2)CC1. The largest absolute Gasteiger partial charge is 0.371 e. The predicted molar refractivity (Wildman–Crippen MR) is 113 cm³/mol. The van der Waals surface area contributed by atoms with E-state index in [1.54, 1.807) is 19.2 Å². The highest BCUT2D eigenvalue weighted by atomic mass is 19.1. The van der Waals surface area contributed by atoms with E-state index in [4.69, 9.17) is 0 Å². The van der Waals surface area contributed by atoms with E-state index >= 15 is 0 Å². The zero-order valence-electron chi connectivity index (χ0n) is 16.5. The summed E-state index contributed by atoms with van der Waals surface area (Å²) in [7, 11) is 1.80. The van der Waals surface area contributed by atoms with Crippen molar-refractivity contribution in [2.24, 2.45) is 4.99 Å². The van der Waals surface area contributed by atoms with Crippen molar-refractivity contribution in [3.63, 3.8) is 0 Å². The van der Waals surface area contributed by atoms with E-state index in [1.165, 1.54) is 5.69 Å². The van der Waals surface area contributed by atoms with Crippen LogP contribution in [0.5, 0.6) is 0 Å². The van der Waals surface area contributed by atoms with Gasteiger partial charge in [-0.3, -0.25) is 4.99 Å². The molecule has 28 heavy (non-hydrogen) atoms. The number of halogens is 1. The Morgan fingerprint density at radius 3 is 2.39 bits per heavy atom. The number of nitrogens with zero attached hydrogens (tertiary/aromatic N) is 2. The summed E-state index contributed by atoms with van der Waals surface area (Å²) in [5.41, 5.74) is 2.04. The fourth-order valence-corrected chi connectivity index (χ4v) is 4.15. The fourth-order valence-electron chi connectivity index (χ4n) is 4.15. The number of aliphatic imine (C=N–C) groups is 1. The molecule has 0 amide bonds. The van der Waals surface area contributed by atoms with Gasteiger partial charge in [0.1, 0.15) is 5.82 Å². The Morgan fingerprint density at radius 1 is 1.07 bits per heavy atom. The Balaban J connectivity index is 1.29. The average molecular weight is 381 g/mol. The summed E-state index contributed by atoms with van der Waals surface area (Å²) < 4.78 is 14.2. The second kappa shape index (κ2) is 8.21. The molecule has 0 bridgehead atoms. The minimum absolute atomic E-state index is 0.0837. The van der Waals surface area contributed by atoms with Gasteiger partial charge in [0.2, 0.25) is 0 Å². The van der Waals surface area contributed by atoms with E-state index in [9.17, 15) is 4.39 Å². The average Bonchev–Trinajstić information content (AvgIpc) is 3.53. The maximum absolute atomic E-state index is 14.2. The molecule has 148 valence electrons. The van der Waals surface area contributed by atoms with Crippen LogP contribution in [0.2, 0.25) is 0 Å². The van der Waals surface area contributed by atoms with Gasteiger partial charge in [-0.15, -0.1) is 0 Å². The standard InChI is InChI=1S/C23H29FN4/c1-25-22(26-17-23(13-14-23)20-9-5-6-10-21(20)24)27-18-11-15-28(16-12-18)19-7-3-2-4-8-19/h2-10,18H,11-17H2,1H3,(H2,25,26,27). The van der Waals surface area contributed by atoms with Gasteiger partial charge in [0.15, 0.2) is 5.96 Å². The second-order valence-corrected chi connectivity index (χ2v) is 7.93. The molecule has 4 nitrogen and oxygen atoms in total. The Kier molecular flexibility index (Phi) is 5.51. The van der Waals surface area contributed by atoms with E-state index in [2.05, 4.69) is 50.9 Å². The highest BCUT2D eigenvalue weighted by Gasteiger charge is 2.45. The summed E-state index contributed by atoms with van der Waals surface area (Å²) in [6, 6.07) is 18.2. The monoisotopic (exact) mass is 380 g/mol. The van der Waals surface area contributed by atoms with Crippen LogP contribution in [0, 0.1) is 5.82 Å². The van der Waals surface area contributed by atoms with Crippen molar-refractivity contribution in [1.82, 2.24) is 10.6 Å². The first kappa shape index (κ1) is 18.8. The van der Waals surface area contributed by atoms with Gasteiger partial charge in [-0.2, -0.15) is 0 Å². The highest BCUT2D eigenvalue weighted by molar-refractivity contribution is 5.80. The molecular weight excluding hydrogens is 351 g/mol. The van der Waals surface area contributed by atoms with Crippen molar-refractivity contribution in [3.8, 4) is 0 Å². The smallest absolute Gasteiger partial charge is 0.191 e. The molecule has 2 aromatic rings. The van der Waals surface area contributed by atoms with Crippen molar-refractivity contribution in [2.75, 3.05) is 31.6 Å². The molecule has 0 spiro atoms. The van der Waals surface area contributed by atoms with Crippen LogP contribution in [0.4, 0.5) is 10.1 Å². The fraction of sp³-hybridized carbons (Fsp3) is 0.435. The lowest BCUT2D eigenvalue weighted by atomic mass is 9.95. The van der Waals surface area contributed by atoms with E-state index in [1.807, 2.05) is 12.1 Å². The van der Waals surface area contributed by atoms with Gasteiger partial charge in [-0.05, 0) is 49.4 Å². The van der Waals surface area contributed by atoms with E-state index in [-0.39, 0.29) is 11.2 Å². The van der Waals surface area contributed by atoms with E-state index in [0.29, 0.717) is 6.04 Å². The molecule has 0 aromatic heterocycles. The maximum Gasteiger partial charge on any atom is 0.191 e. The molecule has 0 atom stereocenters. The van der Waals surface area contributed by atoms with E-state index < -0.39 is 0 Å². The van der Waals surface area contributed by atoms with Crippen LogP contribution in [0.3, 0.4) is 0 Å². The summed E-state index contributed by atoms with van der Waals surface area (Å²) >= 11 is 0. The van der Waals surface area contributed by atoms with Crippen LogP contribution in [0.25, 0.3) is 0 Å². The molecule has 1 saturated carbocycles. The summed E-state index contributed by atoms with van der Waals surface area (Å²) in [4.78, 5) is 6.83. The third kappa shape index (κ3) is 4.13. The third-order valence-corrected chi connectivity index (χ3v) is 6.07. The Bertz CT molecular complexity index is 808. The molecule has 5 heteroatoms. The molecular formula is C23H29FN4. The summed E-state index contributed by atoms with van der Waals surface area (Å²) in [5, 5.41) is 7.01. The molecule has 0 unspecified atom stereocenters. The van der Waals surface area contributed by atoms with Gasteiger partial charge in [-0.25, -0.2) is 4.39 Å². The molecule has 2 N–H and O–H groups in total. The number of hydrogen-bond donors (Lipinski definition) is 2. The zero-order chi connectivity index (χ0) is 19.4. The first-order valence-electron chi connectivity index (χ1n) is 10.2. The van der Waals surface area contributed by atoms with Crippen molar-refractivity contribution in [3.05, 3.63) is 66.0 Å². The number of hydrogen-bond acceptors (Lipinski definition) is 2. The third-order valence-electron chi connectivity index (χ3n) is 6.07. The molecule has 1 aliphatic heterocycles. The van der Waals surface area contributed by atoms with Crippen molar-refractivity contribution in [2.45, 2.75) is 37.1 Å². The van der Waals surface area contributed by atoms with Gasteiger partial charge in [0.05, 0.1) is 0 Å². The highest BCUT2D eigenvalue weighted by Crippen LogP contribution is 2.48. The topological polar surface area (TPSA) is 39.7 Å². The molecule has 1 saturated heterocycles. The number of rotatable bonds is 5. The summed E-state index contributed by atoms with van der Waals surface area (Å²) in [6.07, 6.45) is 4.20. The Hall–Kier alpha value is -2.56. The van der Waals surface area contributed by atoms with Crippen LogP contribution in [0.1, 0.15) is 31.2 Å². The summed E-state index contributed by atoms with van der Waals surface area (Å²) in [6.45, 7) is 2.80. The lowest BCUT2D eigenvalue weighted by molar-refractivity contribution is 0.459. The van der Waals surface area contributed by atoms with Gasteiger partial charge in [-0.1, -0.05) is 36.4 Å². The second-order valence-electron chi connectivity index (χ2n) is 7.93. The van der Waals surface area contributed by atoms with Gasteiger partial charge in [0, 0.05) is 43.8 Å². The maximum atomic E-state index is 14.2. The Morgan fingerprint density at radius 2 is 1.75 bits per heavy atom. The zero-order valence-corrected chi connectivity index (χ0v) is 16.5. The first-order valence-corrected chi connectivity index (χ1v) is 10.2. The van der Waals surface area contributed by atoms with Crippen LogP contribution in [-0.2, 0) is 5.41 Å². The molecule has 0 radical (unpaired) electrons. The number of para-hydroxylation sites is 1. The quantitative estimate of drug-likeness (QED) is 0.614. The molecule has 1 aliphatic carbocycles. The molecule has 2 fully saturated rings. The summed E-state index contributed by atoms with van der Waals surface area (Å²) in [5.74, 6) is 0.721. The first-order chi connectivity index (χ1) is 13.7. The predicted octanol–water partition coefficient (Wildman–Crippen LogP) is 3.69. The van der Waals surface area contributed by atoms with Gasteiger partial charge in [0.25, 0.3) is 0 Å². The Labute approximate surface area is 166 Å². The van der Waals surface area contributed by atoms with E-state index in [0.717, 1.165) is 56.8 Å². The number of benzene rings is 2. The van der Waals surface area contributed by atoms with Crippen molar-refractivity contribution >= 4 is 11.6 Å². The van der Waals surface area contributed by atoms with Crippen LogP contribution in [0.15, 0.2) is 59.6 Å². The minimum Gasteiger partial charge on any atom is -0.371 e. The lowest BCUT2D eigenvalue weighted by Crippen LogP contribution is -2.50. The van der Waals surface area contributed by atoms with Crippen LogP contribution < -0.4 is 15.5 Å². The van der Waals surface area contributed by atoms with Crippen molar-refractivity contribution in [1.29, 1.82) is 0 Å². The number of anilines is 1. The number of piperidine rings is 1. The number of nitrogens with one attached hydrogen (secondary N) is 2. The molecule has 1 heterocycles. The number of guanidine groups is 1. The van der Waals surface area contributed by atoms with Crippen molar-refractivity contribution < 1.29 is 4.39 Å². The van der Waals surface area contributed by atoms with Crippen LogP contribution in [-0.4, -0.2) is 38.7 Å². The lowest BCUT2D eigenvalue weighted by Gasteiger charge is -2.34. The van der Waals surface area contributed by atoms with Crippen LogP contribution >= 0.6 is 0 Å². The molecule has 4 rings (SSSR count). The molecule has 2 aromatic carbocycles. The normalized spacial score (nSPS) is 19.4. The van der Waals surface area contributed by atoms with Gasteiger partial charge < -0.3 is 15.5 Å². The van der Waals surface area contributed by atoms with Gasteiger partial charge >= 0.3 is 0 Å².